The highest BCUT2D eigenvalue weighted by Crippen LogP contribution is 2.16. The van der Waals surface area contributed by atoms with E-state index >= 15 is 0 Å². The Hall–Kier alpha value is -2.69. The lowest BCUT2D eigenvalue weighted by molar-refractivity contribution is -0.384. The van der Waals surface area contributed by atoms with Gasteiger partial charge in [-0.15, -0.1) is 0 Å². The van der Waals surface area contributed by atoms with Crippen LogP contribution < -0.4 is 5.43 Å². The van der Waals surface area contributed by atoms with Gasteiger partial charge >= 0.3 is 0 Å². The number of nitro groups is 1. The van der Waals surface area contributed by atoms with Crippen LogP contribution in [0.4, 0.5) is 11.4 Å². The lowest BCUT2D eigenvalue weighted by atomic mass is 10.0. The summed E-state index contributed by atoms with van der Waals surface area (Å²) in [7, 11) is 0. The van der Waals surface area contributed by atoms with Gasteiger partial charge < -0.3 is 0 Å². The molecule has 0 aromatic heterocycles. The minimum atomic E-state index is -0.410. The molecule has 0 fully saturated rings. The van der Waals surface area contributed by atoms with Crippen molar-refractivity contribution in [1.82, 2.24) is 0 Å². The molecule has 5 heteroatoms. The maximum Gasteiger partial charge on any atom is 0.269 e. The van der Waals surface area contributed by atoms with Gasteiger partial charge in [0.05, 0.1) is 16.3 Å². The summed E-state index contributed by atoms with van der Waals surface area (Å²) in [5.41, 5.74) is 5.91. The predicted octanol–water partition coefficient (Wildman–Crippen LogP) is 4.99. The number of nitrogens with one attached hydrogen (secondary N) is 1. The molecule has 0 radical (unpaired) electrons. The lowest BCUT2D eigenvalue weighted by Gasteiger charge is -2.08. The van der Waals surface area contributed by atoms with Crippen molar-refractivity contribution in [2.75, 3.05) is 5.43 Å². The quantitative estimate of drug-likeness (QED) is 0.323. The van der Waals surface area contributed by atoms with E-state index in [-0.39, 0.29) is 5.69 Å². The molecule has 0 bridgehead atoms. The average molecular weight is 311 g/mol. The molecule has 5 nitrogen and oxygen atoms in total. The van der Waals surface area contributed by atoms with E-state index in [4.69, 9.17) is 0 Å². The molecule has 120 valence electrons. The second kappa shape index (κ2) is 8.68. The van der Waals surface area contributed by atoms with E-state index in [1.807, 2.05) is 30.3 Å². The maximum absolute atomic E-state index is 10.7. The zero-order chi connectivity index (χ0) is 16.5. The minimum absolute atomic E-state index is 0.0748. The van der Waals surface area contributed by atoms with Gasteiger partial charge in [0.2, 0.25) is 0 Å². The van der Waals surface area contributed by atoms with E-state index in [2.05, 4.69) is 17.5 Å². The van der Waals surface area contributed by atoms with Crippen LogP contribution in [0, 0.1) is 10.1 Å². The van der Waals surface area contributed by atoms with E-state index in [0.29, 0.717) is 0 Å². The van der Waals surface area contributed by atoms with Crippen LogP contribution in [0.1, 0.15) is 38.2 Å². The van der Waals surface area contributed by atoms with Gasteiger partial charge in [-0.25, -0.2) is 0 Å². The summed E-state index contributed by atoms with van der Waals surface area (Å²) in [6, 6.07) is 16.3. The van der Waals surface area contributed by atoms with Crippen LogP contribution in [0.5, 0.6) is 0 Å². The minimum Gasteiger partial charge on any atom is -0.278 e. The van der Waals surface area contributed by atoms with Crippen molar-refractivity contribution in [3.63, 3.8) is 0 Å². The number of anilines is 1. The second-order valence-electron chi connectivity index (χ2n) is 5.30. The van der Waals surface area contributed by atoms with Crippen molar-refractivity contribution in [3.8, 4) is 0 Å². The van der Waals surface area contributed by atoms with E-state index in [1.165, 1.54) is 18.6 Å². The lowest BCUT2D eigenvalue weighted by Crippen LogP contribution is -2.04. The van der Waals surface area contributed by atoms with Crippen LogP contribution in [0.25, 0.3) is 0 Å². The van der Waals surface area contributed by atoms with Gasteiger partial charge in [0.1, 0.15) is 0 Å². The molecule has 0 saturated carbocycles. The van der Waals surface area contributed by atoms with Crippen LogP contribution >= 0.6 is 0 Å². The Morgan fingerprint density at radius 2 is 1.78 bits per heavy atom. The summed E-state index contributed by atoms with van der Waals surface area (Å²) in [4.78, 5) is 10.3. The van der Waals surface area contributed by atoms with Gasteiger partial charge in [-0.05, 0) is 30.5 Å². The van der Waals surface area contributed by atoms with Crippen molar-refractivity contribution in [2.45, 2.75) is 32.6 Å². The molecular formula is C18H21N3O2. The second-order valence-corrected chi connectivity index (χ2v) is 5.30. The number of non-ortho nitro benzene ring substituents is 1. The Balaban J connectivity index is 2.11. The number of hydrazone groups is 1. The van der Waals surface area contributed by atoms with Gasteiger partial charge in [0.25, 0.3) is 5.69 Å². The van der Waals surface area contributed by atoms with E-state index < -0.39 is 4.92 Å². The number of unbranched alkanes of at least 4 members (excludes halogenated alkanes) is 2. The SMILES string of the molecule is CCCCC/C(=N\Nc1ccc([N+](=O)[O-])cc1)c1ccccc1. The van der Waals surface area contributed by atoms with Crippen LogP contribution in [-0.4, -0.2) is 10.6 Å². The van der Waals surface area contributed by atoms with E-state index in [1.54, 1.807) is 12.1 Å². The molecule has 1 N–H and O–H groups in total. The van der Waals surface area contributed by atoms with Crippen LogP contribution in [0.3, 0.4) is 0 Å². The zero-order valence-corrected chi connectivity index (χ0v) is 13.2. The highest BCUT2D eigenvalue weighted by Gasteiger charge is 2.05. The van der Waals surface area contributed by atoms with Crippen LogP contribution in [0.2, 0.25) is 0 Å². The van der Waals surface area contributed by atoms with E-state index in [9.17, 15) is 10.1 Å². The molecular weight excluding hydrogens is 290 g/mol. The first-order chi connectivity index (χ1) is 11.2. The van der Waals surface area contributed by atoms with Crippen LogP contribution in [0.15, 0.2) is 59.7 Å². The third kappa shape index (κ3) is 5.21. The monoisotopic (exact) mass is 311 g/mol. The predicted molar refractivity (Wildman–Crippen MR) is 93.8 cm³/mol. The molecule has 0 aliphatic carbocycles. The Kier molecular flexibility index (Phi) is 6.29. The number of benzene rings is 2. The molecule has 0 atom stereocenters. The molecule has 2 aromatic carbocycles. The fourth-order valence-corrected chi connectivity index (χ4v) is 2.23. The number of rotatable bonds is 8. The normalized spacial score (nSPS) is 11.3. The van der Waals surface area contributed by atoms with Crippen LogP contribution in [-0.2, 0) is 0 Å². The zero-order valence-electron chi connectivity index (χ0n) is 13.2. The Labute approximate surface area is 136 Å². The average Bonchev–Trinajstić information content (AvgIpc) is 2.59. The largest absolute Gasteiger partial charge is 0.278 e. The first-order valence-electron chi connectivity index (χ1n) is 7.83. The van der Waals surface area contributed by atoms with Gasteiger partial charge in [0.15, 0.2) is 0 Å². The van der Waals surface area contributed by atoms with Gasteiger partial charge in [-0.3, -0.25) is 15.5 Å². The molecule has 0 saturated heterocycles. The summed E-state index contributed by atoms with van der Waals surface area (Å²) in [5.74, 6) is 0. The van der Waals surface area contributed by atoms with Gasteiger partial charge in [-0.1, -0.05) is 50.1 Å². The molecule has 0 heterocycles. The molecule has 2 aromatic rings. The topological polar surface area (TPSA) is 67.5 Å². The summed E-state index contributed by atoms with van der Waals surface area (Å²) in [6.45, 7) is 2.18. The first-order valence-corrected chi connectivity index (χ1v) is 7.83. The van der Waals surface area contributed by atoms with E-state index in [0.717, 1.165) is 36.2 Å². The number of hydrogen-bond donors (Lipinski definition) is 1. The molecule has 0 aliphatic rings. The Morgan fingerprint density at radius 1 is 1.09 bits per heavy atom. The Bertz CT molecular complexity index is 652. The third-order valence-electron chi connectivity index (χ3n) is 3.52. The van der Waals surface area contributed by atoms with Crippen molar-refractivity contribution >= 4 is 17.1 Å². The van der Waals surface area contributed by atoms with Gasteiger partial charge in [-0.2, -0.15) is 5.10 Å². The molecule has 2 rings (SSSR count). The summed E-state index contributed by atoms with van der Waals surface area (Å²) < 4.78 is 0. The molecule has 0 unspecified atom stereocenters. The molecule has 0 spiro atoms. The highest BCUT2D eigenvalue weighted by molar-refractivity contribution is 6.00. The number of nitro benzene ring substituents is 1. The summed E-state index contributed by atoms with van der Waals surface area (Å²) in [5, 5.41) is 15.2. The highest BCUT2D eigenvalue weighted by atomic mass is 16.6. The Morgan fingerprint density at radius 3 is 2.39 bits per heavy atom. The summed E-state index contributed by atoms with van der Waals surface area (Å²) in [6.07, 6.45) is 4.32. The smallest absolute Gasteiger partial charge is 0.269 e. The van der Waals surface area contributed by atoms with Crippen molar-refractivity contribution in [1.29, 1.82) is 0 Å². The van der Waals surface area contributed by atoms with Crippen molar-refractivity contribution in [2.24, 2.45) is 5.10 Å². The maximum atomic E-state index is 10.7. The van der Waals surface area contributed by atoms with Gasteiger partial charge in [0, 0.05) is 12.1 Å². The fraction of sp³-hybridized carbons (Fsp3) is 0.278. The number of hydrogen-bond acceptors (Lipinski definition) is 4. The first kappa shape index (κ1) is 16.7. The van der Waals surface area contributed by atoms with Crippen molar-refractivity contribution < 1.29 is 4.92 Å². The third-order valence-corrected chi connectivity index (χ3v) is 3.52. The fourth-order valence-electron chi connectivity index (χ4n) is 2.23. The molecule has 0 amide bonds. The summed E-state index contributed by atoms with van der Waals surface area (Å²) >= 11 is 0. The molecule has 23 heavy (non-hydrogen) atoms. The van der Waals surface area contributed by atoms with Crippen molar-refractivity contribution in [3.05, 3.63) is 70.3 Å². The molecule has 0 aliphatic heterocycles. The number of nitrogens with zero attached hydrogens (tertiary/aromatic N) is 2. The standard InChI is InChI=1S/C18H21N3O2/c1-2-3-5-10-18(15-8-6-4-7-9-15)20-19-16-11-13-17(14-12-16)21(22)23/h4,6-9,11-14,19H,2-3,5,10H2,1H3/b20-18+.